The molecular formula is C24H41N5. The van der Waals surface area contributed by atoms with E-state index in [1.807, 2.05) is 20.0 Å². The normalized spacial score (nSPS) is 20.5. The van der Waals surface area contributed by atoms with E-state index in [-0.39, 0.29) is 0 Å². The molecule has 0 bridgehead atoms. The maximum atomic E-state index is 4.50. The lowest BCUT2D eigenvalue weighted by Crippen LogP contribution is -2.47. The van der Waals surface area contributed by atoms with Crippen molar-refractivity contribution in [2.24, 2.45) is 5.92 Å². The Labute approximate surface area is 177 Å². The molecular weight excluding hydrogens is 358 g/mol. The molecule has 0 aliphatic carbocycles. The molecule has 162 valence electrons. The number of fused-ring (bicyclic) bond motifs is 1. The van der Waals surface area contributed by atoms with Crippen LogP contribution in [0.25, 0.3) is 5.65 Å². The molecule has 0 saturated carbocycles. The second kappa shape index (κ2) is 10.4. The van der Waals surface area contributed by atoms with Crippen LogP contribution in [-0.4, -0.2) is 72.0 Å². The van der Waals surface area contributed by atoms with Crippen LogP contribution >= 0.6 is 0 Å². The second-order valence-corrected chi connectivity index (χ2v) is 8.65. The molecule has 2 aromatic heterocycles. The molecule has 29 heavy (non-hydrogen) atoms. The van der Waals surface area contributed by atoms with Crippen LogP contribution in [-0.2, 0) is 0 Å². The van der Waals surface area contributed by atoms with Crippen molar-refractivity contribution in [3.63, 3.8) is 0 Å². The van der Waals surface area contributed by atoms with E-state index in [0.29, 0.717) is 5.92 Å². The first-order valence-corrected chi connectivity index (χ1v) is 11.8. The number of nitrogens with zero attached hydrogens (tertiary/aromatic N) is 5. The molecule has 0 spiro atoms. The SMILES string of the molecule is CC.CCC(C)c1cc2nccn2cc1N1CCC(CN2CCN(C)CC2)CC1. The summed E-state index contributed by atoms with van der Waals surface area (Å²) in [6, 6.07) is 2.31. The van der Waals surface area contributed by atoms with Crippen LogP contribution < -0.4 is 4.90 Å². The van der Waals surface area contributed by atoms with Crippen molar-refractivity contribution < 1.29 is 0 Å². The summed E-state index contributed by atoms with van der Waals surface area (Å²) in [5.41, 5.74) is 3.96. The van der Waals surface area contributed by atoms with Gasteiger partial charge in [-0.05, 0) is 49.8 Å². The fourth-order valence-electron chi connectivity index (χ4n) is 4.60. The van der Waals surface area contributed by atoms with Crippen LogP contribution in [0, 0.1) is 5.92 Å². The molecule has 2 aliphatic heterocycles. The Balaban J connectivity index is 0.00000117. The zero-order valence-electron chi connectivity index (χ0n) is 19.3. The average molecular weight is 400 g/mol. The number of likely N-dealkylation sites (N-methyl/N-ethyl adjacent to an activating group) is 1. The van der Waals surface area contributed by atoms with Crippen molar-refractivity contribution in [3.8, 4) is 0 Å². The lowest BCUT2D eigenvalue weighted by Gasteiger charge is -2.39. The predicted octanol–water partition coefficient (Wildman–Crippen LogP) is 4.34. The van der Waals surface area contributed by atoms with Gasteiger partial charge in [-0.15, -0.1) is 0 Å². The lowest BCUT2D eigenvalue weighted by atomic mass is 9.93. The Kier molecular flexibility index (Phi) is 7.96. The highest BCUT2D eigenvalue weighted by atomic mass is 15.2. The van der Waals surface area contributed by atoms with Crippen LogP contribution in [0.15, 0.2) is 24.7 Å². The first kappa shape index (κ1) is 22.1. The molecule has 5 heteroatoms. The van der Waals surface area contributed by atoms with Gasteiger partial charge in [-0.25, -0.2) is 4.98 Å². The molecule has 0 amide bonds. The van der Waals surface area contributed by atoms with E-state index in [0.717, 1.165) is 11.6 Å². The lowest BCUT2D eigenvalue weighted by molar-refractivity contribution is 0.129. The standard InChI is InChI=1S/C22H35N5.C2H6/c1-4-18(2)20-15-22-23-7-10-27(22)17-21(20)26-8-5-19(6-9-26)16-25-13-11-24(3)12-14-25;1-2/h7,10,15,17-19H,4-6,8-9,11-14,16H2,1-3H3;1-2H3. The van der Waals surface area contributed by atoms with E-state index in [9.17, 15) is 0 Å². The van der Waals surface area contributed by atoms with Gasteiger partial charge in [0.2, 0.25) is 0 Å². The first-order chi connectivity index (χ1) is 14.1. The van der Waals surface area contributed by atoms with Crippen molar-refractivity contribution in [2.45, 2.75) is 52.9 Å². The summed E-state index contributed by atoms with van der Waals surface area (Å²) in [4.78, 5) is 12.3. The van der Waals surface area contributed by atoms with Crippen LogP contribution in [0.4, 0.5) is 5.69 Å². The van der Waals surface area contributed by atoms with E-state index < -0.39 is 0 Å². The Morgan fingerprint density at radius 2 is 1.76 bits per heavy atom. The highest BCUT2D eigenvalue weighted by molar-refractivity contribution is 5.60. The minimum atomic E-state index is 0.574. The molecule has 0 N–H and O–H groups in total. The number of hydrogen-bond acceptors (Lipinski definition) is 4. The molecule has 1 unspecified atom stereocenters. The number of anilines is 1. The zero-order valence-corrected chi connectivity index (χ0v) is 19.3. The topological polar surface area (TPSA) is 27.0 Å². The zero-order chi connectivity index (χ0) is 20.8. The Bertz CT molecular complexity index is 739. The van der Waals surface area contributed by atoms with Crippen LogP contribution in [0.2, 0.25) is 0 Å². The minimum absolute atomic E-state index is 0.574. The summed E-state index contributed by atoms with van der Waals surface area (Å²) >= 11 is 0. The molecule has 1 atom stereocenters. The summed E-state index contributed by atoms with van der Waals surface area (Å²) in [6.45, 7) is 17.2. The van der Waals surface area contributed by atoms with Gasteiger partial charge in [-0.2, -0.15) is 0 Å². The van der Waals surface area contributed by atoms with E-state index >= 15 is 0 Å². The quantitative estimate of drug-likeness (QED) is 0.747. The smallest absolute Gasteiger partial charge is 0.137 e. The molecule has 0 aromatic carbocycles. The molecule has 2 saturated heterocycles. The molecule has 2 fully saturated rings. The third-order valence-corrected chi connectivity index (χ3v) is 6.75. The molecule has 4 rings (SSSR count). The number of aromatic nitrogens is 2. The molecule has 0 radical (unpaired) electrons. The summed E-state index contributed by atoms with van der Waals surface area (Å²) in [7, 11) is 2.24. The number of piperidine rings is 1. The molecule has 2 aliphatic rings. The summed E-state index contributed by atoms with van der Waals surface area (Å²) in [6.07, 6.45) is 10.1. The van der Waals surface area contributed by atoms with Gasteiger partial charge in [0.15, 0.2) is 0 Å². The average Bonchev–Trinajstić information content (AvgIpc) is 3.23. The van der Waals surface area contributed by atoms with E-state index in [4.69, 9.17) is 0 Å². The van der Waals surface area contributed by atoms with Gasteiger partial charge >= 0.3 is 0 Å². The molecule has 4 heterocycles. The summed E-state index contributed by atoms with van der Waals surface area (Å²) in [5.74, 6) is 1.43. The highest BCUT2D eigenvalue weighted by Crippen LogP contribution is 2.33. The Morgan fingerprint density at radius 3 is 2.41 bits per heavy atom. The largest absolute Gasteiger partial charge is 0.370 e. The van der Waals surface area contributed by atoms with Gasteiger partial charge in [-0.1, -0.05) is 27.7 Å². The fraction of sp³-hybridized carbons (Fsp3) is 0.708. The number of rotatable bonds is 5. The number of imidazole rings is 1. The third kappa shape index (κ3) is 5.32. The van der Waals surface area contributed by atoms with Gasteiger partial charge in [0, 0.05) is 64.4 Å². The maximum absolute atomic E-state index is 4.50. The van der Waals surface area contributed by atoms with Crippen molar-refractivity contribution in [3.05, 3.63) is 30.2 Å². The van der Waals surface area contributed by atoms with Gasteiger partial charge < -0.3 is 19.1 Å². The third-order valence-electron chi connectivity index (χ3n) is 6.75. The number of pyridine rings is 1. The van der Waals surface area contributed by atoms with Crippen molar-refractivity contribution >= 4 is 11.3 Å². The van der Waals surface area contributed by atoms with Crippen LogP contribution in [0.5, 0.6) is 0 Å². The van der Waals surface area contributed by atoms with E-state index in [1.165, 1.54) is 76.3 Å². The van der Waals surface area contributed by atoms with Gasteiger partial charge in [-0.3, -0.25) is 0 Å². The minimum Gasteiger partial charge on any atom is -0.370 e. The number of piperazine rings is 1. The van der Waals surface area contributed by atoms with E-state index in [2.05, 4.69) is 63.4 Å². The second-order valence-electron chi connectivity index (χ2n) is 8.65. The van der Waals surface area contributed by atoms with Crippen molar-refractivity contribution in [1.82, 2.24) is 19.2 Å². The van der Waals surface area contributed by atoms with Gasteiger partial charge in [0.05, 0.1) is 5.69 Å². The van der Waals surface area contributed by atoms with Crippen LogP contribution in [0.1, 0.15) is 58.4 Å². The maximum Gasteiger partial charge on any atom is 0.137 e. The first-order valence-electron chi connectivity index (χ1n) is 11.8. The Hall–Kier alpha value is -1.59. The molecule has 2 aromatic rings. The Morgan fingerprint density at radius 1 is 1.07 bits per heavy atom. The predicted molar refractivity (Wildman–Crippen MR) is 124 cm³/mol. The molecule has 5 nitrogen and oxygen atoms in total. The summed E-state index contributed by atoms with van der Waals surface area (Å²) < 4.78 is 2.18. The monoisotopic (exact) mass is 399 g/mol. The summed E-state index contributed by atoms with van der Waals surface area (Å²) in [5, 5.41) is 0. The van der Waals surface area contributed by atoms with Crippen LogP contribution in [0.3, 0.4) is 0 Å². The number of hydrogen-bond donors (Lipinski definition) is 0. The van der Waals surface area contributed by atoms with Crippen molar-refractivity contribution in [2.75, 3.05) is 57.8 Å². The van der Waals surface area contributed by atoms with E-state index in [1.54, 1.807) is 0 Å². The van der Waals surface area contributed by atoms with Crippen molar-refractivity contribution in [1.29, 1.82) is 0 Å². The highest BCUT2D eigenvalue weighted by Gasteiger charge is 2.25. The van der Waals surface area contributed by atoms with Gasteiger partial charge in [0.25, 0.3) is 0 Å². The fourth-order valence-corrected chi connectivity index (χ4v) is 4.60. The van der Waals surface area contributed by atoms with Gasteiger partial charge in [0.1, 0.15) is 5.65 Å².